The van der Waals surface area contributed by atoms with Crippen molar-refractivity contribution in [3.05, 3.63) is 77.1 Å². The highest BCUT2D eigenvalue weighted by molar-refractivity contribution is 7.85. The lowest BCUT2D eigenvalue weighted by atomic mass is 10.1. The standard InChI is InChI=1S/C23H22ClN5O6S/c1-27-12-19(21(30)26-16-4-8-17(9-5-16)28-10-11-35-23(28)25)20(13-27)22(31)29(14-36(32,33)34)18-6-2-15(24)3-7-18/h2-9,12-13,25H,10-11,14H2,1H3,(H,26,30)(H,32,33,34). The Morgan fingerprint density at radius 1 is 1.11 bits per heavy atom. The lowest BCUT2D eigenvalue weighted by molar-refractivity contribution is 0.0971. The molecule has 0 unspecified atom stereocenters. The Hall–Kier alpha value is -3.87. The number of ether oxygens (including phenoxy) is 1. The van der Waals surface area contributed by atoms with Crippen molar-refractivity contribution in [2.24, 2.45) is 7.05 Å². The van der Waals surface area contributed by atoms with E-state index in [1.54, 1.807) is 36.2 Å². The van der Waals surface area contributed by atoms with Crippen LogP contribution in [0, 0.1) is 5.41 Å². The number of nitrogens with zero attached hydrogens (tertiary/aromatic N) is 3. The van der Waals surface area contributed by atoms with E-state index in [2.05, 4.69) is 5.32 Å². The van der Waals surface area contributed by atoms with Gasteiger partial charge in [-0.1, -0.05) is 11.6 Å². The highest BCUT2D eigenvalue weighted by Gasteiger charge is 2.28. The van der Waals surface area contributed by atoms with Gasteiger partial charge >= 0.3 is 0 Å². The number of anilines is 3. The third-order valence-corrected chi connectivity index (χ3v) is 6.18. The first-order chi connectivity index (χ1) is 17.0. The Labute approximate surface area is 212 Å². The molecule has 11 nitrogen and oxygen atoms in total. The molecule has 0 spiro atoms. The Bertz CT molecular complexity index is 1420. The third-order valence-electron chi connectivity index (χ3n) is 5.34. The van der Waals surface area contributed by atoms with Crippen LogP contribution in [0.1, 0.15) is 20.7 Å². The fourth-order valence-electron chi connectivity index (χ4n) is 3.70. The van der Waals surface area contributed by atoms with Crippen LogP contribution < -0.4 is 15.1 Å². The van der Waals surface area contributed by atoms with Gasteiger partial charge in [0.2, 0.25) is 0 Å². The second-order valence-electron chi connectivity index (χ2n) is 7.98. The van der Waals surface area contributed by atoms with Crippen LogP contribution in [-0.4, -0.2) is 54.4 Å². The van der Waals surface area contributed by atoms with E-state index in [0.717, 1.165) is 10.6 Å². The number of carbonyl (C=O) groups excluding carboxylic acids is 2. The summed E-state index contributed by atoms with van der Waals surface area (Å²) >= 11 is 5.90. The smallest absolute Gasteiger partial charge is 0.289 e. The molecule has 0 saturated carbocycles. The predicted molar refractivity (Wildman–Crippen MR) is 136 cm³/mol. The molecule has 13 heteroatoms. The second kappa shape index (κ2) is 10.0. The number of aryl methyl sites for hydroxylation is 1. The average molecular weight is 532 g/mol. The molecule has 0 aliphatic carbocycles. The molecular formula is C23H22ClN5O6S. The van der Waals surface area contributed by atoms with Gasteiger partial charge in [0.05, 0.1) is 17.7 Å². The number of aromatic nitrogens is 1. The first-order valence-corrected chi connectivity index (χ1v) is 12.6. The summed E-state index contributed by atoms with van der Waals surface area (Å²) in [5, 5.41) is 10.9. The van der Waals surface area contributed by atoms with Crippen molar-refractivity contribution >= 4 is 56.6 Å². The van der Waals surface area contributed by atoms with E-state index in [4.69, 9.17) is 21.7 Å². The topological polar surface area (TPSA) is 145 Å². The second-order valence-corrected chi connectivity index (χ2v) is 9.84. The van der Waals surface area contributed by atoms with Crippen LogP contribution in [0.2, 0.25) is 5.02 Å². The molecule has 188 valence electrons. The molecule has 3 N–H and O–H groups in total. The van der Waals surface area contributed by atoms with Gasteiger partial charge in [0.1, 0.15) is 6.61 Å². The van der Waals surface area contributed by atoms with Gasteiger partial charge < -0.3 is 14.6 Å². The Kier molecular flexibility index (Phi) is 7.02. The van der Waals surface area contributed by atoms with Crippen molar-refractivity contribution in [1.29, 1.82) is 5.41 Å². The van der Waals surface area contributed by atoms with Gasteiger partial charge in [-0.15, -0.1) is 0 Å². The molecule has 1 aromatic heterocycles. The predicted octanol–water partition coefficient (Wildman–Crippen LogP) is 3.19. The number of benzene rings is 2. The lowest BCUT2D eigenvalue weighted by Crippen LogP contribution is -2.36. The minimum Gasteiger partial charge on any atom is -0.463 e. The molecule has 1 aliphatic heterocycles. The van der Waals surface area contributed by atoms with E-state index in [0.29, 0.717) is 23.9 Å². The van der Waals surface area contributed by atoms with Crippen molar-refractivity contribution in [2.45, 2.75) is 0 Å². The number of amidine groups is 1. The van der Waals surface area contributed by atoms with Gasteiger partial charge in [0.15, 0.2) is 5.88 Å². The van der Waals surface area contributed by atoms with Gasteiger partial charge in [-0.25, -0.2) is 0 Å². The molecule has 36 heavy (non-hydrogen) atoms. The highest BCUT2D eigenvalue weighted by Crippen LogP contribution is 2.24. The lowest BCUT2D eigenvalue weighted by Gasteiger charge is -2.21. The van der Waals surface area contributed by atoms with E-state index in [9.17, 15) is 22.6 Å². The Balaban J connectivity index is 1.59. The summed E-state index contributed by atoms with van der Waals surface area (Å²) in [4.78, 5) is 29.0. The van der Waals surface area contributed by atoms with Crippen LogP contribution in [0.15, 0.2) is 60.9 Å². The van der Waals surface area contributed by atoms with E-state index in [1.165, 1.54) is 41.2 Å². The van der Waals surface area contributed by atoms with E-state index < -0.39 is 27.8 Å². The summed E-state index contributed by atoms with van der Waals surface area (Å²) in [7, 11) is -2.97. The molecule has 2 amide bonds. The zero-order valence-corrected chi connectivity index (χ0v) is 20.6. The maximum Gasteiger partial charge on any atom is 0.289 e. The number of halogens is 1. The molecule has 1 fully saturated rings. The summed E-state index contributed by atoms with van der Waals surface area (Å²) in [6.07, 6.45) is 2.83. The molecular weight excluding hydrogens is 510 g/mol. The van der Waals surface area contributed by atoms with Gasteiger partial charge in [-0.05, 0) is 48.5 Å². The van der Waals surface area contributed by atoms with Crippen LogP contribution >= 0.6 is 11.6 Å². The third kappa shape index (κ3) is 5.67. The SMILES string of the molecule is Cn1cc(C(=O)Nc2ccc(N3CCOC3=N)cc2)c(C(=O)N(CS(=O)(=O)O)c2ccc(Cl)cc2)c1. The minimum absolute atomic E-state index is 0.00981. The van der Waals surface area contributed by atoms with Crippen molar-refractivity contribution in [1.82, 2.24) is 4.57 Å². The van der Waals surface area contributed by atoms with Gasteiger partial charge in [0.25, 0.3) is 28.0 Å². The zero-order chi connectivity index (χ0) is 26.0. The molecule has 1 saturated heterocycles. The number of amides is 2. The highest BCUT2D eigenvalue weighted by atomic mass is 35.5. The van der Waals surface area contributed by atoms with Crippen LogP contribution in [0.4, 0.5) is 17.1 Å². The van der Waals surface area contributed by atoms with E-state index in [-0.39, 0.29) is 22.8 Å². The van der Waals surface area contributed by atoms with Crippen molar-refractivity contribution in [3.8, 4) is 0 Å². The molecule has 0 radical (unpaired) electrons. The maximum absolute atomic E-state index is 13.4. The summed E-state index contributed by atoms with van der Waals surface area (Å²) in [6.45, 7) is 0.973. The number of nitrogens with one attached hydrogen (secondary N) is 2. The fraction of sp³-hybridized carbons (Fsp3) is 0.174. The summed E-state index contributed by atoms with van der Waals surface area (Å²) < 4.78 is 39.4. The quantitative estimate of drug-likeness (QED) is 0.397. The Morgan fingerprint density at radius 2 is 1.75 bits per heavy atom. The van der Waals surface area contributed by atoms with Gasteiger partial charge in [-0.3, -0.25) is 29.4 Å². The van der Waals surface area contributed by atoms with Gasteiger partial charge in [-0.2, -0.15) is 8.42 Å². The fourth-order valence-corrected chi connectivity index (χ4v) is 4.42. The number of carbonyl (C=O) groups is 2. The molecule has 2 aromatic carbocycles. The summed E-state index contributed by atoms with van der Waals surface area (Å²) in [6, 6.07) is 12.6. The number of rotatable bonds is 7. The van der Waals surface area contributed by atoms with E-state index >= 15 is 0 Å². The van der Waals surface area contributed by atoms with Crippen molar-refractivity contribution in [2.75, 3.05) is 34.1 Å². The zero-order valence-electron chi connectivity index (χ0n) is 19.0. The Morgan fingerprint density at radius 3 is 2.33 bits per heavy atom. The summed E-state index contributed by atoms with van der Waals surface area (Å²) in [5.41, 5.74) is 1.30. The first kappa shape index (κ1) is 25.2. The van der Waals surface area contributed by atoms with Crippen LogP contribution in [0.3, 0.4) is 0 Å². The maximum atomic E-state index is 13.4. The average Bonchev–Trinajstić information content (AvgIpc) is 3.43. The molecule has 2 heterocycles. The van der Waals surface area contributed by atoms with Crippen molar-refractivity contribution in [3.63, 3.8) is 0 Å². The first-order valence-electron chi connectivity index (χ1n) is 10.6. The van der Waals surface area contributed by atoms with Crippen molar-refractivity contribution < 1.29 is 27.3 Å². The van der Waals surface area contributed by atoms with Crippen LogP contribution in [-0.2, 0) is 21.9 Å². The largest absolute Gasteiger partial charge is 0.463 e. The van der Waals surface area contributed by atoms with Crippen LogP contribution in [0.25, 0.3) is 0 Å². The monoisotopic (exact) mass is 531 g/mol. The minimum atomic E-state index is -4.59. The van der Waals surface area contributed by atoms with Gasteiger partial charge in [0, 0.05) is 41.5 Å². The number of hydrogen-bond acceptors (Lipinski definition) is 6. The number of hydrogen-bond donors (Lipinski definition) is 3. The normalized spacial score (nSPS) is 13.4. The molecule has 0 bridgehead atoms. The summed E-state index contributed by atoms with van der Waals surface area (Å²) in [5.74, 6) is -2.41. The molecule has 4 rings (SSSR count). The molecule has 1 aliphatic rings. The molecule has 0 atom stereocenters. The van der Waals surface area contributed by atoms with Crippen LogP contribution in [0.5, 0.6) is 0 Å². The van der Waals surface area contributed by atoms with E-state index in [1.807, 2.05) is 0 Å². The molecule has 3 aromatic rings.